The van der Waals surface area contributed by atoms with Crippen LogP contribution >= 0.6 is 23.4 Å². The number of amides is 2. The summed E-state index contributed by atoms with van der Waals surface area (Å²) >= 11 is 7.12. The van der Waals surface area contributed by atoms with Crippen molar-refractivity contribution in [3.63, 3.8) is 0 Å². The Balaban J connectivity index is 1.48. The van der Waals surface area contributed by atoms with Crippen molar-refractivity contribution in [2.24, 2.45) is 7.05 Å². The van der Waals surface area contributed by atoms with Crippen molar-refractivity contribution in [3.8, 4) is 5.75 Å². The Morgan fingerprint density at radius 1 is 1.36 bits per heavy atom. The van der Waals surface area contributed by atoms with E-state index in [4.69, 9.17) is 16.3 Å². The molecule has 1 saturated heterocycles. The molecule has 2 N–H and O–H groups in total. The van der Waals surface area contributed by atoms with Gasteiger partial charge in [0.05, 0.1) is 5.75 Å². The number of hydrogen-bond donors (Lipinski definition) is 2. The molecular formula is C18H22ClN5O3S. The minimum atomic E-state index is -0.460. The highest BCUT2D eigenvalue weighted by Crippen LogP contribution is 2.19. The van der Waals surface area contributed by atoms with Crippen LogP contribution in [0.2, 0.25) is 5.02 Å². The molecule has 1 aliphatic rings. The number of nitrogens with one attached hydrogen (secondary N) is 2. The maximum absolute atomic E-state index is 12.2. The lowest BCUT2D eigenvalue weighted by molar-refractivity contribution is -0.127. The summed E-state index contributed by atoms with van der Waals surface area (Å²) < 4.78 is 7.46. The van der Waals surface area contributed by atoms with Gasteiger partial charge in [0.25, 0.3) is 0 Å². The summed E-state index contributed by atoms with van der Waals surface area (Å²) in [5.41, 5.74) is 0. The summed E-state index contributed by atoms with van der Waals surface area (Å²) in [5.74, 6) is 1.17. The zero-order valence-corrected chi connectivity index (χ0v) is 17.1. The third kappa shape index (κ3) is 5.62. The van der Waals surface area contributed by atoms with Crippen LogP contribution in [0.4, 0.5) is 0 Å². The molecule has 150 valence electrons. The van der Waals surface area contributed by atoms with Crippen LogP contribution in [0.15, 0.2) is 29.4 Å². The normalized spacial score (nSPS) is 16.9. The Kier molecular flexibility index (Phi) is 7.16. The number of carbonyl (C=O) groups excluding carboxylic acids is 2. The average Bonchev–Trinajstić information content (AvgIpc) is 2.91. The first-order valence-corrected chi connectivity index (χ1v) is 10.4. The topological polar surface area (TPSA) is 98.1 Å². The van der Waals surface area contributed by atoms with Gasteiger partial charge in [0.15, 0.2) is 11.0 Å². The molecule has 28 heavy (non-hydrogen) atoms. The molecule has 1 aromatic heterocycles. The van der Waals surface area contributed by atoms with Crippen LogP contribution < -0.4 is 15.4 Å². The van der Waals surface area contributed by atoms with Gasteiger partial charge in [-0.25, -0.2) is 0 Å². The fraction of sp³-hybridized carbons (Fsp3) is 0.444. The van der Waals surface area contributed by atoms with E-state index in [1.54, 1.807) is 28.8 Å². The second-order valence-electron chi connectivity index (χ2n) is 6.40. The van der Waals surface area contributed by atoms with E-state index < -0.39 is 6.04 Å². The fourth-order valence-electron chi connectivity index (χ4n) is 2.72. The molecule has 1 aromatic carbocycles. The van der Waals surface area contributed by atoms with Crippen molar-refractivity contribution in [1.82, 2.24) is 25.4 Å². The van der Waals surface area contributed by atoms with Gasteiger partial charge in [0.1, 0.15) is 18.4 Å². The lowest BCUT2D eigenvalue weighted by atomic mass is 10.1. The van der Waals surface area contributed by atoms with Crippen LogP contribution in [0.5, 0.6) is 5.75 Å². The van der Waals surface area contributed by atoms with Gasteiger partial charge in [-0.05, 0) is 43.5 Å². The van der Waals surface area contributed by atoms with Crippen LogP contribution in [0.3, 0.4) is 0 Å². The SMILES string of the molecule is Cn1c(COc2ccc(Cl)cc2)nnc1SCC(=O)N[C@H]1CCCCNC1=O. The molecule has 2 aromatic rings. The molecule has 0 spiro atoms. The number of rotatable bonds is 7. The van der Waals surface area contributed by atoms with Crippen molar-refractivity contribution in [2.45, 2.75) is 37.1 Å². The van der Waals surface area contributed by atoms with E-state index in [1.807, 2.05) is 7.05 Å². The van der Waals surface area contributed by atoms with Gasteiger partial charge in [-0.15, -0.1) is 10.2 Å². The molecule has 8 nitrogen and oxygen atoms in total. The Labute approximate surface area is 172 Å². The summed E-state index contributed by atoms with van der Waals surface area (Å²) in [6, 6.07) is 6.60. The largest absolute Gasteiger partial charge is 0.486 e. The average molecular weight is 424 g/mol. The second kappa shape index (κ2) is 9.79. The third-order valence-electron chi connectivity index (χ3n) is 4.31. The Morgan fingerprint density at radius 3 is 2.93 bits per heavy atom. The van der Waals surface area contributed by atoms with Crippen LogP contribution in [0.1, 0.15) is 25.1 Å². The number of carbonyl (C=O) groups is 2. The molecule has 1 atom stereocenters. The van der Waals surface area contributed by atoms with Crippen molar-refractivity contribution >= 4 is 35.2 Å². The number of benzene rings is 1. The number of hydrogen-bond acceptors (Lipinski definition) is 6. The van der Waals surface area contributed by atoms with Crippen molar-refractivity contribution in [1.29, 1.82) is 0 Å². The first-order chi connectivity index (χ1) is 13.5. The highest BCUT2D eigenvalue weighted by atomic mass is 35.5. The summed E-state index contributed by atoms with van der Waals surface area (Å²) in [7, 11) is 1.82. The Morgan fingerprint density at radius 2 is 2.14 bits per heavy atom. The standard InChI is InChI=1S/C18H22ClN5O3S/c1-24-15(10-27-13-7-5-12(19)6-8-13)22-23-18(24)28-11-16(25)21-14-4-2-3-9-20-17(14)26/h5-8,14H,2-4,9-11H2,1H3,(H,20,26)(H,21,25)/t14-/m0/s1. The molecule has 0 bridgehead atoms. The maximum atomic E-state index is 12.2. The summed E-state index contributed by atoms with van der Waals surface area (Å²) in [4.78, 5) is 24.1. The summed E-state index contributed by atoms with van der Waals surface area (Å²) in [6.07, 6.45) is 2.52. The zero-order valence-electron chi connectivity index (χ0n) is 15.5. The quantitative estimate of drug-likeness (QED) is 0.660. The highest BCUT2D eigenvalue weighted by molar-refractivity contribution is 7.99. The monoisotopic (exact) mass is 423 g/mol. The van der Waals surface area contributed by atoms with Crippen LogP contribution in [-0.2, 0) is 23.2 Å². The lowest BCUT2D eigenvalue weighted by Gasteiger charge is -2.14. The molecule has 0 unspecified atom stereocenters. The number of halogens is 1. The van der Waals surface area contributed by atoms with Gasteiger partial charge in [0.2, 0.25) is 11.8 Å². The predicted octanol–water partition coefficient (Wildman–Crippen LogP) is 1.92. The van der Waals surface area contributed by atoms with Gasteiger partial charge in [-0.3, -0.25) is 9.59 Å². The van der Waals surface area contributed by atoms with Crippen LogP contribution in [0, 0.1) is 0 Å². The van der Waals surface area contributed by atoms with Crippen molar-refractivity contribution in [2.75, 3.05) is 12.3 Å². The molecule has 0 radical (unpaired) electrons. The first-order valence-electron chi connectivity index (χ1n) is 8.99. The van der Waals surface area contributed by atoms with Crippen LogP contribution in [0.25, 0.3) is 0 Å². The first kappa shape index (κ1) is 20.5. The smallest absolute Gasteiger partial charge is 0.242 e. The van der Waals surface area contributed by atoms with Gasteiger partial charge in [-0.1, -0.05) is 23.4 Å². The van der Waals surface area contributed by atoms with Crippen LogP contribution in [-0.4, -0.2) is 44.9 Å². The molecule has 1 fully saturated rings. The van der Waals surface area contributed by atoms with Crippen molar-refractivity contribution in [3.05, 3.63) is 35.1 Å². The molecule has 0 aliphatic carbocycles. The maximum Gasteiger partial charge on any atom is 0.242 e. The van der Waals surface area contributed by atoms with E-state index in [0.29, 0.717) is 34.7 Å². The van der Waals surface area contributed by atoms with Gasteiger partial charge in [-0.2, -0.15) is 0 Å². The minimum Gasteiger partial charge on any atom is -0.486 e. The van der Waals surface area contributed by atoms with E-state index >= 15 is 0 Å². The van der Waals surface area contributed by atoms with E-state index in [1.165, 1.54) is 11.8 Å². The van der Waals surface area contributed by atoms with Gasteiger partial charge >= 0.3 is 0 Å². The Bertz CT molecular complexity index is 827. The lowest BCUT2D eigenvalue weighted by Crippen LogP contribution is -2.46. The minimum absolute atomic E-state index is 0.115. The molecular weight excluding hydrogens is 402 g/mol. The fourth-order valence-corrected chi connectivity index (χ4v) is 3.59. The Hall–Kier alpha value is -2.26. The number of nitrogens with zero attached hydrogens (tertiary/aromatic N) is 3. The number of ether oxygens (including phenoxy) is 1. The third-order valence-corrected chi connectivity index (χ3v) is 5.58. The van der Waals surface area contributed by atoms with Crippen molar-refractivity contribution < 1.29 is 14.3 Å². The highest BCUT2D eigenvalue weighted by Gasteiger charge is 2.22. The molecule has 2 heterocycles. The molecule has 1 aliphatic heterocycles. The van der Waals surface area contributed by atoms with E-state index in [-0.39, 0.29) is 24.2 Å². The summed E-state index contributed by atoms with van der Waals surface area (Å²) in [5, 5.41) is 15.1. The van der Waals surface area contributed by atoms with Gasteiger partial charge < -0.3 is 19.9 Å². The molecule has 2 amide bonds. The molecule has 10 heteroatoms. The van der Waals surface area contributed by atoms with Gasteiger partial charge in [0, 0.05) is 18.6 Å². The predicted molar refractivity (Wildman–Crippen MR) is 106 cm³/mol. The zero-order chi connectivity index (χ0) is 19.9. The second-order valence-corrected chi connectivity index (χ2v) is 7.77. The molecule has 3 rings (SSSR count). The van der Waals surface area contributed by atoms with E-state index in [9.17, 15) is 9.59 Å². The number of thioether (sulfide) groups is 1. The van der Waals surface area contributed by atoms with E-state index in [0.717, 1.165) is 12.8 Å². The van der Waals surface area contributed by atoms with E-state index in [2.05, 4.69) is 20.8 Å². The summed E-state index contributed by atoms with van der Waals surface area (Å²) in [6.45, 7) is 0.917. The number of aromatic nitrogens is 3. The molecule has 0 saturated carbocycles.